The van der Waals surface area contributed by atoms with Gasteiger partial charge in [-0.3, -0.25) is 4.79 Å². The van der Waals surface area contributed by atoms with Crippen LogP contribution in [0.5, 0.6) is 0 Å². The highest BCUT2D eigenvalue weighted by Gasteiger charge is 2.07. The number of aldehydes is 1. The van der Waals surface area contributed by atoms with Crippen molar-refractivity contribution in [3.05, 3.63) is 94.4 Å². The van der Waals surface area contributed by atoms with Gasteiger partial charge in [0.25, 0.3) is 0 Å². The van der Waals surface area contributed by atoms with Crippen molar-refractivity contribution in [2.45, 2.75) is 38.1 Å². The highest BCUT2D eigenvalue weighted by atomic mass is 32.2. The fraction of sp³-hybridized carbons (Fsp3) is 0.259. The van der Waals surface area contributed by atoms with E-state index in [2.05, 4.69) is 52.2 Å². The molecule has 0 aliphatic rings. The van der Waals surface area contributed by atoms with Crippen LogP contribution in [0.3, 0.4) is 0 Å². The number of benzene rings is 3. The quantitative estimate of drug-likeness (QED) is 0.103. The van der Waals surface area contributed by atoms with Gasteiger partial charge in [0, 0.05) is 16.0 Å². The highest BCUT2D eigenvalue weighted by Crippen LogP contribution is 2.24. The Morgan fingerprint density at radius 3 is 1.97 bits per heavy atom. The lowest BCUT2D eigenvalue weighted by Gasteiger charge is -2.06. The van der Waals surface area contributed by atoms with Gasteiger partial charge in [0.1, 0.15) is 18.4 Å². The number of nitrogens with one attached hydrogen (secondary N) is 3. The minimum atomic E-state index is -0.602. The van der Waals surface area contributed by atoms with Gasteiger partial charge in [-0.2, -0.15) is 15.3 Å². The molecule has 0 saturated heterocycles. The third-order valence-corrected chi connectivity index (χ3v) is 4.39. The molecule has 0 spiro atoms. The number of rotatable bonds is 6. The van der Waals surface area contributed by atoms with Gasteiger partial charge in [-0.05, 0) is 82.6 Å². The molecule has 3 aromatic carbocycles. The number of hydrogen-bond acceptors (Lipinski definition) is 9. The third-order valence-electron chi connectivity index (χ3n) is 3.67. The molecule has 0 amide bonds. The SMILES string of the molecule is C=O.CC(C)(C)N.CN=O.CNNNSc1ccc(C)cc1.O=Cc1cc(-c2ccccc2F)ccc1F. The van der Waals surface area contributed by atoms with Gasteiger partial charge in [0.05, 0.1) is 12.6 Å². The maximum absolute atomic E-state index is 13.4. The predicted octanol–water partition coefficient (Wildman–Crippen LogP) is 5.62. The number of carbonyl (C=O) groups is 2. The molecule has 3 aromatic rings. The Morgan fingerprint density at radius 2 is 1.50 bits per heavy atom. The van der Waals surface area contributed by atoms with Crippen molar-refractivity contribution in [2.24, 2.45) is 10.9 Å². The molecule has 8 nitrogen and oxygen atoms in total. The van der Waals surface area contributed by atoms with E-state index in [4.69, 9.17) is 15.4 Å². The average molecular weight is 550 g/mol. The van der Waals surface area contributed by atoms with E-state index in [0.717, 1.165) is 6.07 Å². The Morgan fingerprint density at radius 1 is 0.974 bits per heavy atom. The average Bonchev–Trinajstić information content (AvgIpc) is 2.87. The number of nitrogens with zero attached hydrogens (tertiary/aromatic N) is 1. The summed E-state index contributed by atoms with van der Waals surface area (Å²) >= 11 is 1.53. The second-order valence-corrected chi connectivity index (χ2v) is 9.15. The van der Waals surface area contributed by atoms with Gasteiger partial charge in [0.15, 0.2) is 6.29 Å². The van der Waals surface area contributed by atoms with Crippen LogP contribution in [0.4, 0.5) is 8.78 Å². The zero-order valence-electron chi connectivity index (χ0n) is 22.5. The van der Waals surface area contributed by atoms with Crippen molar-refractivity contribution in [3.8, 4) is 11.1 Å². The van der Waals surface area contributed by atoms with E-state index in [9.17, 15) is 13.6 Å². The smallest absolute Gasteiger partial charge is 0.153 e. The summed E-state index contributed by atoms with van der Waals surface area (Å²) < 4.78 is 26.5. The van der Waals surface area contributed by atoms with Crippen molar-refractivity contribution < 1.29 is 18.4 Å². The van der Waals surface area contributed by atoms with Crippen LogP contribution in [0.2, 0.25) is 0 Å². The van der Waals surface area contributed by atoms with Crippen LogP contribution in [0, 0.1) is 23.5 Å². The molecule has 0 atom stereocenters. The lowest BCUT2D eigenvalue weighted by molar-refractivity contribution is -0.0980. The monoisotopic (exact) mass is 549 g/mol. The highest BCUT2D eigenvalue weighted by molar-refractivity contribution is 7.97. The number of hydrazine groups is 2. The minimum Gasteiger partial charge on any atom is -0.326 e. The predicted molar refractivity (Wildman–Crippen MR) is 152 cm³/mol. The molecule has 0 aliphatic carbocycles. The topological polar surface area (TPSA) is 126 Å². The number of nitroso groups, excluding NO2 is 1. The van der Waals surface area contributed by atoms with E-state index in [-0.39, 0.29) is 11.1 Å². The second kappa shape index (κ2) is 21.7. The van der Waals surface area contributed by atoms with Crippen LogP contribution in [0.1, 0.15) is 36.7 Å². The van der Waals surface area contributed by atoms with E-state index < -0.39 is 11.6 Å². The van der Waals surface area contributed by atoms with Gasteiger partial charge < -0.3 is 10.5 Å². The summed E-state index contributed by atoms with van der Waals surface area (Å²) in [7, 11) is 3.00. The number of carbonyl (C=O) groups excluding carboxylic acids is 2. The lowest BCUT2D eigenvalue weighted by Crippen LogP contribution is -2.36. The van der Waals surface area contributed by atoms with E-state index in [0.29, 0.717) is 17.4 Å². The van der Waals surface area contributed by atoms with Crippen LogP contribution in [-0.4, -0.2) is 32.7 Å². The molecular weight excluding hydrogens is 512 g/mol. The fourth-order valence-corrected chi connectivity index (χ4v) is 2.78. The van der Waals surface area contributed by atoms with Gasteiger partial charge in [-0.25, -0.2) is 14.2 Å². The molecule has 0 saturated carbocycles. The van der Waals surface area contributed by atoms with Crippen molar-refractivity contribution in [1.82, 2.24) is 15.8 Å². The van der Waals surface area contributed by atoms with Crippen LogP contribution in [-0.2, 0) is 4.79 Å². The molecule has 208 valence electrons. The summed E-state index contributed by atoms with van der Waals surface area (Å²) in [5, 5.41) is 2.25. The first-order valence-corrected chi connectivity index (χ1v) is 12.0. The zero-order chi connectivity index (χ0) is 29.6. The summed E-state index contributed by atoms with van der Waals surface area (Å²) in [5.41, 5.74) is 12.9. The first kappa shape index (κ1) is 36.8. The zero-order valence-corrected chi connectivity index (χ0v) is 23.4. The Kier molecular flexibility index (Phi) is 21.0. The Labute approximate surface area is 227 Å². The first-order valence-electron chi connectivity index (χ1n) is 11.2. The summed E-state index contributed by atoms with van der Waals surface area (Å²) in [6.45, 7) is 9.97. The van der Waals surface area contributed by atoms with Crippen LogP contribution in [0.25, 0.3) is 11.1 Å². The normalized spacial score (nSPS) is 9.50. The summed E-state index contributed by atoms with van der Waals surface area (Å²) in [5.74, 6) is -0.999. The number of hydrogen-bond donors (Lipinski definition) is 4. The van der Waals surface area contributed by atoms with Crippen LogP contribution < -0.4 is 21.5 Å². The molecule has 0 unspecified atom stereocenters. The number of halogens is 2. The van der Waals surface area contributed by atoms with Crippen molar-refractivity contribution in [1.29, 1.82) is 0 Å². The number of nitrogens with two attached hydrogens (primary N) is 1. The lowest BCUT2D eigenvalue weighted by atomic mass is 10.0. The molecule has 0 bridgehead atoms. The Hall–Kier alpha value is -3.35. The van der Waals surface area contributed by atoms with Gasteiger partial charge >= 0.3 is 0 Å². The fourth-order valence-electron chi connectivity index (χ4n) is 2.24. The molecule has 11 heteroatoms. The standard InChI is InChI=1S/C13H8F2O.C8H13N3S.C4H11N.CH3NO.CH2O/c14-12-6-5-9(7-10(12)8-16)11-3-1-2-4-13(11)15;1-7-3-5-8(6-4-7)12-11-10-9-2;1-4(2,3)5;1-2-3;1-2/h1-8H;3-6,9-11H,1-2H3;5H2,1-3H3;1H3;1H2. The molecule has 5 N–H and O–H groups in total. The van der Waals surface area contributed by atoms with Gasteiger partial charge in [-0.1, -0.05) is 47.1 Å². The maximum atomic E-state index is 13.4. The Bertz CT molecular complexity index is 1060. The Balaban J connectivity index is 0. The summed E-state index contributed by atoms with van der Waals surface area (Å²) in [6.07, 6.45) is 0.416. The molecule has 0 aliphatic heterocycles. The second-order valence-electron chi connectivity index (χ2n) is 8.27. The molecule has 3 rings (SSSR count). The van der Waals surface area contributed by atoms with Crippen LogP contribution >= 0.6 is 11.9 Å². The number of aryl methyl sites for hydroxylation is 1. The molecule has 0 fully saturated rings. The third kappa shape index (κ3) is 18.9. The first-order chi connectivity index (χ1) is 18.0. The van der Waals surface area contributed by atoms with Gasteiger partial charge in [0.2, 0.25) is 0 Å². The molecule has 0 heterocycles. The summed E-state index contributed by atoms with van der Waals surface area (Å²) in [4.78, 5) is 31.2. The van der Waals surface area contributed by atoms with Crippen LogP contribution in [0.15, 0.2) is 76.8 Å². The van der Waals surface area contributed by atoms with Crippen molar-refractivity contribution >= 4 is 25.0 Å². The minimum absolute atomic E-state index is 0. The van der Waals surface area contributed by atoms with Crippen molar-refractivity contribution in [2.75, 3.05) is 14.1 Å². The van der Waals surface area contributed by atoms with E-state index in [1.54, 1.807) is 18.2 Å². The largest absolute Gasteiger partial charge is 0.326 e. The molecule has 0 aromatic heterocycles. The molecule has 38 heavy (non-hydrogen) atoms. The maximum Gasteiger partial charge on any atom is 0.153 e. The van der Waals surface area contributed by atoms with Crippen molar-refractivity contribution in [3.63, 3.8) is 0 Å². The van der Waals surface area contributed by atoms with Gasteiger partial charge in [-0.15, -0.1) is 0 Å². The summed E-state index contributed by atoms with van der Waals surface area (Å²) in [6, 6.07) is 18.4. The van der Waals surface area contributed by atoms with E-state index in [1.165, 1.54) is 47.7 Å². The molecular formula is C27H37F2N5O3S. The van der Waals surface area contributed by atoms with E-state index in [1.807, 2.05) is 34.6 Å². The molecule has 0 radical (unpaired) electrons. The van der Waals surface area contributed by atoms with E-state index >= 15 is 0 Å².